The minimum absolute atomic E-state index is 0.118. The molecule has 0 aliphatic heterocycles. The van der Waals surface area contributed by atoms with Crippen LogP contribution in [0.3, 0.4) is 0 Å². The number of halogens is 2. The Balaban J connectivity index is 2.90. The Morgan fingerprint density at radius 3 is 2.75 bits per heavy atom. The van der Waals surface area contributed by atoms with Crippen molar-refractivity contribution in [2.24, 2.45) is 5.73 Å². The SMILES string of the molecule is COC(=O)CC(CN)c1cc(F)cc(Cl)c1. The van der Waals surface area contributed by atoms with Gasteiger partial charge in [-0.25, -0.2) is 4.39 Å². The zero-order valence-electron chi connectivity index (χ0n) is 8.87. The van der Waals surface area contributed by atoms with Crippen molar-refractivity contribution in [3.63, 3.8) is 0 Å². The van der Waals surface area contributed by atoms with E-state index in [2.05, 4.69) is 4.74 Å². The lowest BCUT2D eigenvalue weighted by molar-refractivity contribution is -0.141. The number of benzene rings is 1. The van der Waals surface area contributed by atoms with Crippen LogP contribution in [0, 0.1) is 5.82 Å². The molecular weight excluding hydrogens is 233 g/mol. The highest BCUT2D eigenvalue weighted by Crippen LogP contribution is 2.23. The van der Waals surface area contributed by atoms with Crippen molar-refractivity contribution in [1.82, 2.24) is 0 Å². The summed E-state index contributed by atoms with van der Waals surface area (Å²) >= 11 is 5.72. The molecule has 0 amide bonds. The molecule has 2 N–H and O–H groups in total. The van der Waals surface area contributed by atoms with Gasteiger partial charge in [-0.1, -0.05) is 11.6 Å². The molecule has 0 bridgehead atoms. The maximum absolute atomic E-state index is 13.1. The Labute approximate surface area is 98.3 Å². The van der Waals surface area contributed by atoms with E-state index in [9.17, 15) is 9.18 Å². The summed E-state index contributed by atoms with van der Waals surface area (Å²) < 4.78 is 17.6. The first-order valence-electron chi connectivity index (χ1n) is 4.79. The van der Waals surface area contributed by atoms with Crippen molar-refractivity contribution >= 4 is 17.6 Å². The third-order valence-electron chi connectivity index (χ3n) is 2.28. The van der Waals surface area contributed by atoms with Crippen molar-refractivity contribution in [2.45, 2.75) is 12.3 Å². The number of carbonyl (C=O) groups is 1. The number of hydrogen-bond acceptors (Lipinski definition) is 3. The summed E-state index contributed by atoms with van der Waals surface area (Å²) in [6.45, 7) is 0.231. The standard InChI is InChI=1S/C11H13ClFNO2/c1-16-11(15)4-8(6-14)7-2-9(12)5-10(13)3-7/h2-3,5,8H,4,6,14H2,1H3. The fourth-order valence-electron chi connectivity index (χ4n) is 1.43. The average molecular weight is 246 g/mol. The van der Waals surface area contributed by atoms with Crippen molar-refractivity contribution in [2.75, 3.05) is 13.7 Å². The predicted molar refractivity (Wildman–Crippen MR) is 59.8 cm³/mol. The molecule has 16 heavy (non-hydrogen) atoms. The van der Waals surface area contributed by atoms with Gasteiger partial charge in [0.25, 0.3) is 0 Å². The van der Waals surface area contributed by atoms with E-state index in [-0.39, 0.29) is 24.9 Å². The molecule has 1 atom stereocenters. The monoisotopic (exact) mass is 245 g/mol. The van der Waals surface area contributed by atoms with Crippen LogP contribution < -0.4 is 5.73 Å². The second-order valence-electron chi connectivity index (χ2n) is 3.42. The number of ether oxygens (including phenoxy) is 1. The highest BCUT2D eigenvalue weighted by atomic mass is 35.5. The highest BCUT2D eigenvalue weighted by molar-refractivity contribution is 6.30. The van der Waals surface area contributed by atoms with Crippen LogP contribution in [-0.2, 0) is 9.53 Å². The van der Waals surface area contributed by atoms with Crippen LogP contribution >= 0.6 is 11.6 Å². The lowest BCUT2D eigenvalue weighted by atomic mass is 9.96. The van der Waals surface area contributed by atoms with Crippen LogP contribution in [0.1, 0.15) is 17.9 Å². The molecule has 0 heterocycles. The van der Waals surface area contributed by atoms with Gasteiger partial charge in [0.1, 0.15) is 5.82 Å². The Morgan fingerprint density at radius 1 is 1.56 bits per heavy atom. The number of rotatable bonds is 4. The third-order valence-corrected chi connectivity index (χ3v) is 2.50. The van der Waals surface area contributed by atoms with E-state index >= 15 is 0 Å². The molecule has 0 fully saturated rings. The van der Waals surface area contributed by atoms with E-state index in [4.69, 9.17) is 17.3 Å². The molecule has 0 aliphatic rings. The maximum Gasteiger partial charge on any atom is 0.306 e. The molecule has 88 valence electrons. The number of esters is 1. The van der Waals surface area contributed by atoms with E-state index in [1.807, 2.05) is 0 Å². The molecule has 0 saturated heterocycles. The Kier molecular flexibility index (Phi) is 4.71. The van der Waals surface area contributed by atoms with Crippen LogP contribution in [0.2, 0.25) is 5.02 Å². The average Bonchev–Trinajstić information content (AvgIpc) is 2.24. The molecule has 0 aromatic heterocycles. The molecule has 1 unspecified atom stereocenters. The van der Waals surface area contributed by atoms with Crippen LogP contribution in [0.15, 0.2) is 18.2 Å². The Morgan fingerprint density at radius 2 is 2.25 bits per heavy atom. The Bertz CT molecular complexity index is 364. The second-order valence-corrected chi connectivity index (χ2v) is 3.85. The molecular formula is C11H13ClFNO2. The Hall–Kier alpha value is -1.13. The van der Waals surface area contributed by atoms with Gasteiger partial charge in [-0.2, -0.15) is 0 Å². The van der Waals surface area contributed by atoms with Gasteiger partial charge in [0.2, 0.25) is 0 Å². The molecule has 0 aliphatic carbocycles. The molecule has 5 heteroatoms. The van der Waals surface area contributed by atoms with E-state index in [1.165, 1.54) is 19.2 Å². The molecule has 1 rings (SSSR count). The fourth-order valence-corrected chi connectivity index (χ4v) is 1.66. The molecule has 0 spiro atoms. The van der Waals surface area contributed by atoms with Crippen LogP contribution in [0.4, 0.5) is 4.39 Å². The summed E-state index contributed by atoms with van der Waals surface area (Å²) in [5.74, 6) is -1.10. The zero-order valence-corrected chi connectivity index (χ0v) is 9.63. The fraction of sp³-hybridized carbons (Fsp3) is 0.364. The van der Waals surface area contributed by atoms with Gasteiger partial charge in [-0.3, -0.25) is 4.79 Å². The molecule has 0 saturated carbocycles. The minimum Gasteiger partial charge on any atom is -0.469 e. The minimum atomic E-state index is -0.439. The van der Waals surface area contributed by atoms with Gasteiger partial charge in [-0.05, 0) is 30.3 Å². The summed E-state index contributed by atoms with van der Waals surface area (Å²) in [6, 6.07) is 4.13. The molecule has 0 radical (unpaired) electrons. The van der Waals surface area contributed by atoms with Crippen molar-refractivity contribution in [3.8, 4) is 0 Å². The predicted octanol–water partition coefficient (Wildman–Crippen LogP) is 2.08. The lowest BCUT2D eigenvalue weighted by Gasteiger charge is -2.14. The molecule has 1 aromatic carbocycles. The van der Waals surface area contributed by atoms with Crippen molar-refractivity contribution in [3.05, 3.63) is 34.6 Å². The van der Waals surface area contributed by atoms with Crippen molar-refractivity contribution < 1.29 is 13.9 Å². The van der Waals surface area contributed by atoms with Gasteiger partial charge in [0.05, 0.1) is 13.5 Å². The summed E-state index contributed by atoms with van der Waals surface area (Å²) in [6.07, 6.45) is 0.118. The van der Waals surface area contributed by atoms with E-state index in [0.29, 0.717) is 10.6 Å². The van der Waals surface area contributed by atoms with E-state index in [0.717, 1.165) is 0 Å². The largest absolute Gasteiger partial charge is 0.469 e. The van der Waals surface area contributed by atoms with Gasteiger partial charge in [-0.15, -0.1) is 0 Å². The summed E-state index contributed by atoms with van der Waals surface area (Å²) in [5, 5.41) is 0.290. The lowest BCUT2D eigenvalue weighted by Crippen LogP contribution is -2.17. The van der Waals surface area contributed by atoms with Gasteiger partial charge in [0, 0.05) is 10.9 Å². The zero-order chi connectivity index (χ0) is 12.1. The number of methoxy groups -OCH3 is 1. The van der Waals surface area contributed by atoms with Gasteiger partial charge >= 0.3 is 5.97 Å². The van der Waals surface area contributed by atoms with Crippen LogP contribution in [0.5, 0.6) is 0 Å². The first-order valence-corrected chi connectivity index (χ1v) is 5.17. The number of carbonyl (C=O) groups excluding carboxylic acids is 1. The van der Waals surface area contributed by atoms with Gasteiger partial charge in [0.15, 0.2) is 0 Å². The van der Waals surface area contributed by atoms with Crippen molar-refractivity contribution in [1.29, 1.82) is 0 Å². The summed E-state index contributed by atoms with van der Waals surface area (Å²) in [4.78, 5) is 11.1. The normalized spacial score (nSPS) is 12.2. The summed E-state index contributed by atoms with van der Waals surface area (Å²) in [5.41, 5.74) is 6.14. The second kappa shape index (κ2) is 5.82. The number of nitrogens with two attached hydrogens (primary N) is 1. The first-order chi connectivity index (χ1) is 7.56. The van der Waals surface area contributed by atoms with Crippen LogP contribution in [-0.4, -0.2) is 19.6 Å². The smallest absolute Gasteiger partial charge is 0.306 e. The third kappa shape index (κ3) is 3.47. The van der Waals surface area contributed by atoms with E-state index in [1.54, 1.807) is 6.07 Å². The molecule has 3 nitrogen and oxygen atoms in total. The topological polar surface area (TPSA) is 52.3 Å². The number of hydrogen-bond donors (Lipinski definition) is 1. The van der Waals surface area contributed by atoms with Crippen LogP contribution in [0.25, 0.3) is 0 Å². The summed E-state index contributed by atoms with van der Waals surface area (Å²) in [7, 11) is 1.30. The molecule has 1 aromatic rings. The van der Waals surface area contributed by atoms with E-state index < -0.39 is 5.82 Å². The highest BCUT2D eigenvalue weighted by Gasteiger charge is 2.16. The quantitative estimate of drug-likeness (QED) is 0.827. The maximum atomic E-state index is 13.1. The first kappa shape index (κ1) is 12.9. The van der Waals surface area contributed by atoms with Gasteiger partial charge < -0.3 is 10.5 Å².